The average Bonchev–Trinajstić information content (AvgIpc) is 3.19. The number of halogens is 3. The maximum Gasteiger partial charge on any atom is 0.144 e. The van der Waals surface area contributed by atoms with Crippen LogP contribution in [0.25, 0.3) is 11.0 Å². The number of hydrogen-bond donors (Lipinski definition) is 0. The van der Waals surface area contributed by atoms with Crippen molar-refractivity contribution >= 4 is 34.2 Å². The molecule has 0 saturated heterocycles. The second-order valence-corrected chi connectivity index (χ2v) is 6.20. The van der Waals surface area contributed by atoms with Gasteiger partial charge in [0.1, 0.15) is 11.6 Å². The highest BCUT2D eigenvalue weighted by molar-refractivity contribution is 6.31. The third-order valence-corrected chi connectivity index (χ3v) is 4.59. The van der Waals surface area contributed by atoms with Gasteiger partial charge in [-0.1, -0.05) is 31.4 Å². The molecule has 1 heterocycles. The SMILES string of the molecule is CCC(CC1CC1)n1c(CCl)nc2cc(F)c(Cl)cc21. The molecular formula is C15H17Cl2FN2. The fraction of sp³-hybridized carbons (Fsp3) is 0.533. The molecular weight excluding hydrogens is 298 g/mol. The van der Waals surface area contributed by atoms with Crippen LogP contribution in [-0.4, -0.2) is 9.55 Å². The quantitative estimate of drug-likeness (QED) is 0.683. The first kappa shape index (κ1) is 14.2. The van der Waals surface area contributed by atoms with Crippen molar-refractivity contribution in [3.63, 3.8) is 0 Å². The lowest BCUT2D eigenvalue weighted by Crippen LogP contribution is -2.12. The molecule has 0 spiro atoms. The Bertz CT molecular complexity index is 634. The number of nitrogens with zero attached hydrogens (tertiary/aromatic N) is 2. The number of aromatic nitrogens is 2. The van der Waals surface area contributed by atoms with Crippen LogP contribution in [0.15, 0.2) is 12.1 Å². The van der Waals surface area contributed by atoms with Crippen LogP contribution in [0.5, 0.6) is 0 Å². The Labute approximate surface area is 127 Å². The highest BCUT2D eigenvalue weighted by Crippen LogP contribution is 2.39. The molecule has 2 aromatic rings. The minimum atomic E-state index is -0.430. The van der Waals surface area contributed by atoms with Crippen molar-refractivity contribution in [2.75, 3.05) is 0 Å². The van der Waals surface area contributed by atoms with Crippen LogP contribution in [0.1, 0.15) is 44.5 Å². The van der Waals surface area contributed by atoms with Gasteiger partial charge in [0, 0.05) is 12.1 Å². The molecule has 1 aliphatic carbocycles. The van der Waals surface area contributed by atoms with Crippen molar-refractivity contribution in [3.05, 3.63) is 28.8 Å². The van der Waals surface area contributed by atoms with Crippen LogP contribution in [0.4, 0.5) is 4.39 Å². The summed E-state index contributed by atoms with van der Waals surface area (Å²) in [5.41, 5.74) is 1.52. The third kappa shape index (κ3) is 2.53. The maximum atomic E-state index is 13.6. The van der Waals surface area contributed by atoms with Crippen molar-refractivity contribution in [2.45, 2.75) is 44.5 Å². The Morgan fingerprint density at radius 3 is 2.80 bits per heavy atom. The Morgan fingerprint density at radius 1 is 1.45 bits per heavy atom. The van der Waals surface area contributed by atoms with Crippen molar-refractivity contribution in [1.82, 2.24) is 9.55 Å². The highest BCUT2D eigenvalue weighted by atomic mass is 35.5. The summed E-state index contributed by atoms with van der Waals surface area (Å²) in [4.78, 5) is 4.46. The second-order valence-electron chi connectivity index (χ2n) is 5.53. The van der Waals surface area contributed by atoms with E-state index in [1.165, 1.54) is 18.9 Å². The predicted molar refractivity (Wildman–Crippen MR) is 80.9 cm³/mol. The summed E-state index contributed by atoms with van der Waals surface area (Å²) in [6.07, 6.45) is 4.78. The van der Waals surface area contributed by atoms with Gasteiger partial charge in [-0.05, 0) is 24.8 Å². The number of alkyl halides is 1. The first-order valence-electron chi connectivity index (χ1n) is 7.05. The first-order chi connectivity index (χ1) is 9.63. The Morgan fingerprint density at radius 2 is 2.20 bits per heavy atom. The van der Waals surface area contributed by atoms with Crippen LogP contribution in [-0.2, 0) is 5.88 Å². The lowest BCUT2D eigenvalue weighted by molar-refractivity contribution is 0.429. The van der Waals surface area contributed by atoms with E-state index in [0.29, 0.717) is 17.4 Å². The molecule has 0 bridgehead atoms. The zero-order valence-electron chi connectivity index (χ0n) is 11.4. The zero-order valence-corrected chi connectivity index (χ0v) is 12.9. The van der Waals surface area contributed by atoms with Crippen LogP contribution >= 0.6 is 23.2 Å². The van der Waals surface area contributed by atoms with Gasteiger partial charge in [0.15, 0.2) is 0 Å². The number of fused-ring (bicyclic) bond motifs is 1. The molecule has 1 aliphatic rings. The van der Waals surface area contributed by atoms with E-state index in [0.717, 1.165) is 30.1 Å². The molecule has 1 aromatic carbocycles. The molecule has 1 fully saturated rings. The molecule has 5 heteroatoms. The molecule has 2 nitrogen and oxygen atoms in total. The summed E-state index contributed by atoms with van der Waals surface area (Å²) >= 11 is 12.0. The smallest absolute Gasteiger partial charge is 0.144 e. The van der Waals surface area contributed by atoms with Crippen LogP contribution < -0.4 is 0 Å². The molecule has 1 atom stereocenters. The Kier molecular flexibility index (Phi) is 3.91. The largest absolute Gasteiger partial charge is 0.324 e. The van der Waals surface area contributed by atoms with Gasteiger partial charge in [0.25, 0.3) is 0 Å². The van der Waals surface area contributed by atoms with Crippen molar-refractivity contribution in [1.29, 1.82) is 0 Å². The number of hydrogen-bond acceptors (Lipinski definition) is 1. The summed E-state index contributed by atoms with van der Waals surface area (Å²) in [7, 11) is 0. The average molecular weight is 315 g/mol. The van der Waals surface area contributed by atoms with E-state index in [4.69, 9.17) is 23.2 Å². The van der Waals surface area contributed by atoms with E-state index in [2.05, 4.69) is 16.5 Å². The lowest BCUT2D eigenvalue weighted by atomic mass is 10.1. The van der Waals surface area contributed by atoms with Gasteiger partial charge in [-0.15, -0.1) is 11.6 Å². The number of rotatable bonds is 5. The van der Waals surface area contributed by atoms with Gasteiger partial charge in [-0.2, -0.15) is 0 Å². The van der Waals surface area contributed by atoms with Crippen molar-refractivity contribution in [2.24, 2.45) is 5.92 Å². The van der Waals surface area contributed by atoms with E-state index in [1.807, 2.05) is 0 Å². The third-order valence-electron chi connectivity index (χ3n) is 4.06. The molecule has 0 radical (unpaired) electrons. The molecule has 1 unspecified atom stereocenters. The molecule has 20 heavy (non-hydrogen) atoms. The van der Waals surface area contributed by atoms with Crippen molar-refractivity contribution < 1.29 is 4.39 Å². The molecule has 0 amide bonds. The number of benzene rings is 1. The van der Waals surface area contributed by atoms with Gasteiger partial charge in [0.2, 0.25) is 0 Å². The van der Waals surface area contributed by atoms with Gasteiger partial charge in [-0.25, -0.2) is 9.37 Å². The molecule has 1 aromatic heterocycles. The maximum absolute atomic E-state index is 13.6. The second kappa shape index (κ2) is 5.53. The van der Waals surface area contributed by atoms with Gasteiger partial charge < -0.3 is 4.57 Å². The standard InChI is InChI=1S/C15H17Cl2FN2/c1-2-10(5-9-3-4-9)20-14-6-11(17)12(18)7-13(14)19-15(20)8-16/h6-7,9-10H,2-5,8H2,1H3. The van der Waals surface area contributed by atoms with Crippen LogP contribution in [0.3, 0.4) is 0 Å². The van der Waals surface area contributed by atoms with Gasteiger partial charge >= 0.3 is 0 Å². The number of imidazole rings is 1. The lowest BCUT2D eigenvalue weighted by Gasteiger charge is -2.20. The van der Waals surface area contributed by atoms with E-state index in [9.17, 15) is 4.39 Å². The Balaban J connectivity index is 2.12. The summed E-state index contributed by atoms with van der Waals surface area (Å²) in [5, 5.41) is 0.140. The monoisotopic (exact) mass is 314 g/mol. The van der Waals surface area contributed by atoms with Crippen LogP contribution in [0.2, 0.25) is 5.02 Å². The normalized spacial score (nSPS) is 16.8. The summed E-state index contributed by atoms with van der Waals surface area (Å²) in [6.45, 7) is 2.17. The summed E-state index contributed by atoms with van der Waals surface area (Å²) in [5.74, 6) is 1.52. The highest BCUT2D eigenvalue weighted by Gasteiger charge is 2.27. The minimum absolute atomic E-state index is 0.140. The minimum Gasteiger partial charge on any atom is -0.324 e. The van der Waals surface area contributed by atoms with E-state index < -0.39 is 5.82 Å². The van der Waals surface area contributed by atoms with Gasteiger partial charge in [-0.3, -0.25) is 0 Å². The fourth-order valence-corrected chi connectivity index (χ4v) is 3.18. The summed E-state index contributed by atoms with van der Waals surface area (Å²) in [6, 6.07) is 3.43. The zero-order chi connectivity index (χ0) is 14.3. The molecule has 0 N–H and O–H groups in total. The van der Waals surface area contributed by atoms with Gasteiger partial charge in [0.05, 0.1) is 21.9 Å². The topological polar surface area (TPSA) is 17.8 Å². The Hall–Kier alpha value is -0.800. The summed E-state index contributed by atoms with van der Waals surface area (Å²) < 4.78 is 15.7. The predicted octanol–water partition coefficient (Wildman–Crippen LogP) is 5.32. The fourth-order valence-electron chi connectivity index (χ4n) is 2.83. The molecule has 0 aliphatic heterocycles. The van der Waals surface area contributed by atoms with E-state index in [1.54, 1.807) is 6.07 Å². The van der Waals surface area contributed by atoms with Crippen molar-refractivity contribution in [3.8, 4) is 0 Å². The first-order valence-corrected chi connectivity index (χ1v) is 7.97. The van der Waals surface area contributed by atoms with Crippen LogP contribution in [0, 0.1) is 11.7 Å². The van der Waals surface area contributed by atoms with E-state index >= 15 is 0 Å². The molecule has 1 saturated carbocycles. The van der Waals surface area contributed by atoms with E-state index in [-0.39, 0.29) is 5.02 Å². The molecule has 108 valence electrons. The molecule has 3 rings (SSSR count).